The summed E-state index contributed by atoms with van der Waals surface area (Å²) in [4.78, 5) is 7.37. The van der Waals surface area contributed by atoms with Gasteiger partial charge in [0.2, 0.25) is 5.88 Å². The summed E-state index contributed by atoms with van der Waals surface area (Å²) in [6, 6.07) is 17.3. The number of aryl methyl sites for hydroxylation is 2. The van der Waals surface area contributed by atoms with Gasteiger partial charge in [-0.3, -0.25) is 4.90 Å². The van der Waals surface area contributed by atoms with Crippen LogP contribution >= 0.6 is 0 Å². The van der Waals surface area contributed by atoms with Crippen molar-refractivity contribution >= 4 is 10.9 Å². The van der Waals surface area contributed by atoms with Gasteiger partial charge in [-0.25, -0.2) is 4.98 Å². The molecule has 2 heterocycles. The molecule has 0 aliphatic carbocycles. The van der Waals surface area contributed by atoms with Crippen molar-refractivity contribution in [3.8, 4) is 5.88 Å². The summed E-state index contributed by atoms with van der Waals surface area (Å²) in [6.45, 7) is 9.27. The average molecular weight is 346 g/mol. The van der Waals surface area contributed by atoms with Crippen LogP contribution in [0.15, 0.2) is 48.5 Å². The van der Waals surface area contributed by atoms with Gasteiger partial charge in [0.15, 0.2) is 0 Å². The van der Waals surface area contributed by atoms with Crippen molar-refractivity contribution in [3.63, 3.8) is 0 Å². The van der Waals surface area contributed by atoms with Crippen LogP contribution in [0.1, 0.15) is 29.2 Å². The van der Waals surface area contributed by atoms with Gasteiger partial charge in [0, 0.05) is 30.6 Å². The Bertz CT molecular complexity index is 920. The van der Waals surface area contributed by atoms with E-state index in [0.29, 0.717) is 0 Å². The van der Waals surface area contributed by atoms with E-state index in [9.17, 15) is 0 Å². The molecule has 0 saturated heterocycles. The van der Waals surface area contributed by atoms with Gasteiger partial charge in [-0.2, -0.15) is 0 Å². The molecular weight excluding hydrogens is 320 g/mol. The fourth-order valence-electron chi connectivity index (χ4n) is 3.72. The zero-order valence-corrected chi connectivity index (χ0v) is 15.8. The van der Waals surface area contributed by atoms with Crippen LogP contribution in [0.5, 0.6) is 5.88 Å². The Kier molecular flexibility index (Phi) is 4.64. The van der Waals surface area contributed by atoms with Crippen LogP contribution in [0.3, 0.4) is 0 Å². The first-order valence-electron chi connectivity index (χ1n) is 9.43. The van der Waals surface area contributed by atoms with E-state index in [0.717, 1.165) is 37.5 Å². The number of nitrogens with zero attached hydrogens (tertiary/aromatic N) is 2. The third-order valence-corrected chi connectivity index (χ3v) is 5.33. The highest BCUT2D eigenvalue weighted by Crippen LogP contribution is 2.29. The molecule has 0 amide bonds. The lowest BCUT2D eigenvalue weighted by molar-refractivity contribution is 0.158. The van der Waals surface area contributed by atoms with Crippen LogP contribution < -0.4 is 4.74 Å². The molecule has 1 aliphatic heterocycles. The lowest BCUT2D eigenvalue weighted by atomic mass is 10.0. The van der Waals surface area contributed by atoms with E-state index in [4.69, 9.17) is 9.72 Å². The largest absolute Gasteiger partial charge is 0.473 e. The summed E-state index contributed by atoms with van der Waals surface area (Å²) in [7, 11) is 0. The summed E-state index contributed by atoms with van der Waals surface area (Å²) >= 11 is 0. The van der Waals surface area contributed by atoms with Crippen molar-refractivity contribution < 1.29 is 4.74 Å². The Morgan fingerprint density at radius 2 is 1.92 bits per heavy atom. The number of rotatable bonds is 3. The highest BCUT2D eigenvalue weighted by atomic mass is 16.5. The van der Waals surface area contributed by atoms with E-state index in [1.807, 2.05) is 0 Å². The van der Waals surface area contributed by atoms with Crippen molar-refractivity contribution in [1.29, 1.82) is 0 Å². The average Bonchev–Trinajstić information content (AvgIpc) is 2.80. The molecule has 3 aromatic rings. The van der Waals surface area contributed by atoms with Gasteiger partial charge >= 0.3 is 0 Å². The van der Waals surface area contributed by atoms with Gasteiger partial charge in [0.1, 0.15) is 6.10 Å². The van der Waals surface area contributed by atoms with Crippen LogP contribution in [0.4, 0.5) is 0 Å². The van der Waals surface area contributed by atoms with Crippen molar-refractivity contribution in [2.45, 2.75) is 39.8 Å². The lowest BCUT2D eigenvalue weighted by Crippen LogP contribution is -2.32. The van der Waals surface area contributed by atoms with Gasteiger partial charge in [0.05, 0.1) is 5.52 Å². The molecule has 1 aliphatic rings. The standard InChI is InChI=1S/C23H26N2O/c1-16-9-10-20-13-21-15-25(12-11-19-7-5-4-6-8-19)14-17(2)26-23(21)24-22(20)18(16)3/h4-10,13,17H,11-12,14-15H2,1-3H3/t17-/m1/s1. The summed E-state index contributed by atoms with van der Waals surface area (Å²) in [5, 5.41) is 1.20. The van der Waals surface area contributed by atoms with Gasteiger partial charge in [-0.15, -0.1) is 0 Å². The number of ether oxygens (including phenoxy) is 1. The van der Waals surface area contributed by atoms with Gasteiger partial charge in [-0.05, 0) is 49.9 Å². The quantitative estimate of drug-likeness (QED) is 0.689. The first-order valence-corrected chi connectivity index (χ1v) is 9.43. The monoisotopic (exact) mass is 346 g/mol. The van der Waals surface area contributed by atoms with E-state index in [1.54, 1.807) is 0 Å². The molecule has 26 heavy (non-hydrogen) atoms. The molecule has 1 aromatic heterocycles. The van der Waals surface area contributed by atoms with Crippen LogP contribution in [0.25, 0.3) is 10.9 Å². The van der Waals surface area contributed by atoms with Crippen LogP contribution in [0.2, 0.25) is 0 Å². The minimum Gasteiger partial charge on any atom is -0.473 e. The fourth-order valence-corrected chi connectivity index (χ4v) is 3.72. The number of aromatic nitrogens is 1. The van der Waals surface area contributed by atoms with Crippen molar-refractivity contribution in [2.75, 3.05) is 13.1 Å². The van der Waals surface area contributed by atoms with Crippen LogP contribution in [-0.2, 0) is 13.0 Å². The number of hydrogen-bond acceptors (Lipinski definition) is 3. The molecule has 3 heteroatoms. The Morgan fingerprint density at radius 1 is 1.12 bits per heavy atom. The molecular formula is C23H26N2O. The second kappa shape index (κ2) is 7.08. The summed E-state index contributed by atoms with van der Waals surface area (Å²) in [5.74, 6) is 0.806. The highest BCUT2D eigenvalue weighted by Gasteiger charge is 2.22. The van der Waals surface area contributed by atoms with Crippen molar-refractivity contribution in [3.05, 3.63) is 70.8 Å². The fraction of sp³-hybridized carbons (Fsp3) is 0.348. The molecule has 2 aromatic carbocycles. The molecule has 0 radical (unpaired) electrons. The molecule has 0 spiro atoms. The number of fused-ring (bicyclic) bond motifs is 2. The molecule has 4 rings (SSSR count). The third kappa shape index (κ3) is 3.45. The predicted molar refractivity (Wildman–Crippen MR) is 107 cm³/mol. The summed E-state index contributed by atoms with van der Waals surface area (Å²) in [6.07, 6.45) is 1.20. The zero-order valence-electron chi connectivity index (χ0n) is 15.8. The summed E-state index contributed by atoms with van der Waals surface area (Å²) < 4.78 is 6.19. The van der Waals surface area contributed by atoms with Gasteiger partial charge < -0.3 is 4.74 Å². The van der Waals surface area contributed by atoms with E-state index >= 15 is 0 Å². The molecule has 0 bridgehead atoms. The Morgan fingerprint density at radius 3 is 2.73 bits per heavy atom. The SMILES string of the molecule is Cc1ccc2cc3c(nc2c1C)O[C@H](C)CN(CCc1ccccc1)C3. The van der Waals surface area contributed by atoms with E-state index in [-0.39, 0.29) is 6.10 Å². The third-order valence-electron chi connectivity index (χ3n) is 5.33. The molecule has 0 unspecified atom stereocenters. The minimum atomic E-state index is 0.141. The van der Waals surface area contributed by atoms with E-state index < -0.39 is 0 Å². The molecule has 0 fully saturated rings. The second-order valence-corrected chi connectivity index (χ2v) is 7.43. The first kappa shape index (κ1) is 17.0. The molecule has 1 atom stereocenters. The number of hydrogen-bond donors (Lipinski definition) is 0. The van der Waals surface area contributed by atoms with Crippen LogP contribution in [-0.4, -0.2) is 29.1 Å². The maximum absolute atomic E-state index is 6.19. The normalized spacial score (nSPS) is 17.6. The summed E-state index contributed by atoms with van der Waals surface area (Å²) in [5.41, 5.74) is 6.16. The maximum Gasteiger partial charge on any atom is 0.218 e. The van der Waals surface area contributed by atoms with E-state index in [2.05, 4.69) is 74.2 Å². The topological polar surface area (TPSA) is 25.4 Å². The molecule has 0 N–H and O–H groups in total. The van der Waals surface area contributed by atoms with E-state index in [1.165, 1.54) is 27.6 Å². The van der Waals surface area contributed by atoms with Crippen molar-refractivity contribution in [2.24, 2.45) is 0 Å². The minimum absolute atomic E-state index is 0.141. The molecule has 3 nitrogen and oxygen atoms in total. The first-order chi connectivity index (χ1) is 12.6. The lowest BCUT2D eigenvalue weighted by Gasteiger charge is -2.21. The van der Waals surface area contributed by atoms with Gasteiger partial charge in [0.25, 0.3) is 0 Å². The Hall–Kier alpha value is -2.39. The van der Waals surface area contributed by atoms with Gasteiger partial charge in [-0.1, -0.05) is 42.5 Å². The smallest absolute Gasteiger partial charge is 0.218 e. The zero-order chi connectivity index (χ0) is 18.1. The number of pyridine rings is 1. The Balaban J connectivity index is 1.61. The second-order valence-electron chi connectivity index (χ2n) is 7.43. The number of benzene rings is 2. The van der Waals surface area contributed by atoms with Crippen LogP contribution in [0, 0.1) is 13.8 Å². The Labute approximate surface area is 155 Å². The molecule has 0 saturated carbocycles. The van der Waals surface area contributed by atoms with Crippen molar-refractivity contribution in [1.82, 2.24) is 9.88 Å². The highest BCUT2D eigenvalue weighted by molar-refractivity contribution is 5.84. The maximum atomic E-state index is 6.19. The predicted octanol–water partition coefficient (Wildman–Crippen LogP) is 4.68. The molecule has 134 valence electrons.